The summed E-state index contributed by atoms with van der Waals surface area (Å²) in [6.45, 7) is 8.09. The van der Waals surface area contributed by atoms with Gasteiger partial charge in [-0.25, -0.2) is 0 Å². The average Bonchev–Trinajstić information content (AvgIpc) is 1.60. The van der Waals surface area contributed by atoms with Crippen molar-refractivity contribution < 1.29 is 97.4 Å². The van der Waals surface area contributed by atoms with Crippen molar-refractivity contribution in [2.45, 2.75) is 164 Å². The Bertz CT molecular complexity index is 3100. The number of nitrogens with zero attached hydrogens (tertiary/aromatic N) is 4. The fraction of sp³-hybridized carbons (Fsp3) is 0.603. The third-order valence-electron chi connectivity index (χ3n) is 18.6. The normalized spacial score (nSPS) is 27.9. The number of aliphatic hydroxyl groups is 8. The first-order chi connectivity index (χ1) is 44.4. The highest BCUT2D eigenvalue weighted by Crippen LogP contribution is 2.41. The molecule has 5 aliphatic rings. The van der Waals surface area contributed by atoms with Crippen LogP contribution in [0.25, 0.3) is 11.1 Å². The Hall–Kier alpha value is -6.82. The number of piperazine rings is 1. The van der Waals surface area contributed by atoms with E-state index in [9.17, 15) is 93.2 Å². The molecule has 3 aromatic carbocycles. The standard InChI is InChI=1S/C63H92N10O20S/c1-34-30-73-54(55(34)82)60(87)65-29-43(77)27-45(66-56(83)39-8-6-37(7-9-39)38-10-12-41(13-11-38)70-21-23-71(24-22-70)42-15-18-63(3,4)19-16-42)57(84)67-51(35(2)76)61(88)72-31-44(78)28-46(72)58(85)68-52(49(81)25-36-5-14-47(79)50(26-36)93-94(90,91)92)59(86)69-53(62(73)89)48(80)17-20-64-40(32-74)33-75/h5-14,26,34-35,40,42-46,48-49,51-55,64,74-82,90-92H,15-25,27-33H2,1-4H3,(H,65,87)(H,66,83)(H,67,84)(H,68,85)(H,69,86)/t34-,35+,43+,44+,45-,46-,48+,49+,51-,52-,53-,54-,55-/m0/s1. The summed E-state index contributed by atoms with van der Waals surface area (Å²) < 4.78 is 33.4. The van der Waals surface area contributed by atoms with Crippen LogP contribution in [0.3, 0.4) is 0 Å². The average molecular weight is 1340 g/mol. The van der Waals surface area contributed by atoms with Gasteiger partial charge in [-0.1, -0.05) is 51.1 Å². The first kappa shape index (κ1) is 73.0. The molecule has 4 saturated heterocycles. The molecule has 0 unspecified atom stereocenters. The highest BCUT2D eigenvalue weighted by molar-refractivity contribution is 8.15. The van der Waals surface area contributed by atoms with Gasteiger partial charge in [-0.3, -0.25) is 52.1 Å². The van der Waals surface area contributed by atoms with Crippen LogP contribution in [0.2, 0.25) is 0 Å². The zero-order chi connectivity index (χ0) is 68.5. The lowest BCUT2D eigenvalue weighted by molar-refractivity contribution is -0.147. The predicted octanol–water partition coefficient (Wildman–Crippen LogP) is -2.05. The van der Waals surface area contributed by atoms with Gasteiger partial charge in [0.2, 0.25) is 35.4 Å². The number of carbonyl (C=O) groups is 7. The molecule has 1 saturated carbocycles. The summed E-state index contributed by atoms with van der Waals surface area (Å²) in [6.07, 6.45) is -8.02. The Kier molecular flexibility index (Phi) is 24.7. The van der Waals surface area contributed by atoms with Crippen molar-refractivity contribution in [2.24, 2.45) is 11.3 Å². The molecule has 18 N–H and O–H groups in total. The van der Waals surface area contributed by atoms with Crippen LogP contribution in [-0.2, 0) is 35.2 Å². The highest BCUT2D eigenvalue weighted by Gasteiger charge is 2.50. The molecule has 7 amide bonds. The lowest BCUT2D eigenvalue weighted by Gasteiger charge is -2.44. The van der Waals surface area contributed by atoms with Gasteiger partial charge >= 0.3 is 0 Å². The van der Waals surface area contributed by atoms with Crippen LogP contribution >= 0.6 is 11.2 Å². The molecule has 4 heterocycles. The molecular formula is C63H92N10O20S. The number of β-amino-alcohol motifs (C(OH)–C–C–N with tert-alkyl or cyclic N) is 1. The van der Waals surface area contributed by atoms with Gasteiger partial charge < -0.3 is 96.7 Å². The Morgan fingerprint density at radius 2 is 1.33 bits per heavy atom. The van der Waals surface area contributed by atoms with E-state index in [1.54, 1.807) is 12.1 Å². The SMILES string of the molecule is C[C@@H](O)[C@@H]1NC(=O)[C@@H](NC(=O)c2ccc(-c3ccc(N4CCN(C5CCC(C)(C)CC5)CC4)cc3)cc2)C[C@@H](O)CNC(=O)[C@@H]2[C@@H](O)[C@@H](C)CN2C(=O)[C@H]([C@H](O)CCNC(CO)CO)NC(=O)[C@H]([C@H](O)Cc2ccc(O)c(OS(O)(O)O)c2)NC(=O)[C@@H]2C[C@@H](O)CN2C1=O. The van der Waals surface area contributed by atoms with E-state index < -0.39 is 201 Å². The van der Waals surface area contributed by atoms with E-state index in [0.717, 1.165) is 71.8 Å². The third-order valence-corrected chi connectivity index (χ3v) is 19.0. The van der Waals surface area contributed by atoms with E-state index in [2.05, 4.69) is 71.9 Å². The number of phenolic OH excluding ortho intramolecular Hbond substituents is 1. The number of anilines is 1. The second kappa shape index (κ2) is 31.8. The molecule has 3 aromatic rings. The van der Waals surface area contributed by atoms with Crippen molar-refractivity contribution in [3.63, 3.8) is 0 Å². The number of rotatable bonds is 18. The zero-order valence-electron chi connectivity index (χ0n) is 53.1. The predicted molar refractivity (Wildman–Crippen MR) is 341 cm³/mol. The number of aliphatic hydroxyl groups excluding tert-OH is 8. The van der Waals surface area contributed by atoms with Gasteiger partial charge in [0, 0.05) is 88.3 Å². The Balaban J connectivity index is 1.07. The number of hydrogen-bond donors (Lipinski definition) is 18. The summed E-state index contributed by atoms with van der Waals surface area (Å²) in [5.41, 5.74) is 3.12. The lowest BCUT2D eigenvalue weighted by Crippen LogP contribution is -2.64. The maximum atomic E-state index is 15.0. The molecule has 0 spiro atoms. The number of benzene rings is 3. The van der Waals surface area contributed by atoms with Gasteiger partial charge in [-0.2, -0.15) is 0 Å². The largest absolute Gasteiger partial charge is 0.504 e. The number of phenols is 1. The van der Waals surface area contributed by atoms with Crippen LogP contribution in [0, 0.1) is 11.3 Å². The van der Waals surface area contributed by atoms with E-state index in [1.807, 2.05) is 12.1 Å². The Morgan fingerprint density at radius 3 is 1.95 bits per heavy atom. The summed E-state index contributed by atoms with van der Waals surface area (Å²) in [5.74, 6) is -10.3. The smallest absolute Gasteiger partial charge is 0.266 e. The van der Waals surface area contributed by atoms with E-state index in [0.29, 0.717) is 11.5 Å². The molecule has 0 radical (unpaired) electrons. The van der Waals surface area contributed by atoms with Crippen molar-refractivity contribution in [3.05, 3.63) is 77.9 Å². The van der Waals surface area contributed by atoms with Crippen LogP contribution in [0.5, 0.6) is 11.5 Å². The van der Waals surface area contributed by atoms with Crippen LogP contribution < -0.4 is 41.0 Å². The molecule has 8 rings (SSSR count). The second-order valence-electron chi connectivity index (χ2n) is 26.2. The second-order valence-corrected chi connectivity index (χ2v) is 27.3. The van der Waals surface area contributed by atoms with Crippen LogP contribution in [0.1, 0.15) is 88.6 Å². The minimum Gasteiger partial charge on any atom is -0.504 e. The van der Waals surface area contributed by atoms with Gasteiger partial charge in [-0.15, -0.1) is 0 Å². The summed E-state index contributed by atoms with van der Waals surface area (Å²) >= 11 is -4.74. The van der Waals surface area contributed by atoms with Gasteiger partial charge in [0.15, 0.2) is 11.5 Å². The number of hydrogen-bond acceptors (Lipinski definition) is 23. The number of aromatic hydroxyl groups is 1. The molecule has 30 nitrogen and oxygen atoms in total. The van der Waals surface area contributed by atoms with Crippen LogP contribution in [0.15, 0.2) is 66.7 Å². The minimum absolute atomic E-state index is 0.0563. The number of carbonyl (C=O) groups excluding carboxylic acids is 7. The van der Waals surface area contributed by atoms with Crippen molar-refractivity contribution in [1.29, 1.82) is 0 Å². The van der Waals surface area contributed by atoms with Gasteiger partial charge in [0.1, 0.15) is 36.3 Å². The lowest BCUT2D eigenvalue weighted by atomic mass is 9.75. The van der Waals surface area contributed by atoms with Crippen molar-refractivity contribution >= 4 is 58.2 Å². The Morgan fingerprint density at radius 1 is 0.723 bits per heavy atom. The summed E-state index contributed by atoms with van der Waals surface area (Å²) in [7, 11) is 0. The molecular weight excluding hydrogens is 1250 g/mol. The fourth-order valence-corrected chi connectivity index (χ4v) is 13.3. The summed E-state index contributed by atoms with van der Waals surface area (Å²) in [4.78, 5) is 109. The van der Waals surface area contributed by atoms with Crippen LogP contribution in [0.4, 0.5) is 5.69 Å². The third kappa shape index (κ3) is 18.6. The maximum absolute atomic E-state index is 15.0. The van der Waals surface area contributed by atoms with Gasteiger partial charge in [0.25, 0.3) is 17.1 Å². The van der Waals surface area contributed by atoms with E-state index in [4.69, 9.17) is 0 Å². The molecule has 5 fully saturated rings. The maximum Gasteiger partial charge on any atom is 0.266 e. The van der Waals surface area contributed by atoms with Gasteiger partial charge in [0.05, 0.1) is 55.9 Å². The van der Waals surface area contributed by atoms with Gasteiger partial charge in [-0.05, 0) is 104 Å². The summed E-state index contributed by atoms with van der Waals surface area (Å²) in [5, 5.41) is 114. The first-order valence-corrected chi connectivity index (χ1v) is 33.2. The van der Waals surface area contributed by atoms with Crippen molar-refractivity contribution in [1.82, 2.24) is 46.6 Å². The Labute approximate surface area is 546 Å². The molecule has 13 atom stereocenters. The minimum atomic E-state index is -4.74. The molecule has 31 heteroatoms. The van der Waals surface area contributed by atoms with Crippen LogP contribution in [-0.4, -0.2) is 266 Å². The number of amides is 7. The zero-order valence-corrected chi connectivity index (χ0v) is 53.9. The molecule has 0 bridgehead atoms. The molecule has 520 valence electrons. The quantitative estimate of drug-likeness (QED) is 0.0652. The number of fused-ring (bicyclic) bond motifs is 2. The summed E-state index contributed by atoms with van der Waals surface area (Å²) in [6, 6.07) is 5.79. The van der Waals surface area contributed by atoms with E-state index >= 15 is 0 Å². The topological polar surface area (TPSA) is 457 Å². The number of nitrogens with one attached hydrogen (secondary N) is 6. The van der Waals surface area contributed by atoms with Crippen molar-refractivity contribution in [3.8, 4) is 22.6 Å². The molecule has 4 aliphatic heterocycles. The highest BCUT2D eigenvalue weighted by atomic mass is 32.3. The fourth-order valence-electron chi connectivity index (χ4n) is 13.0. The first-order valence-electron chi connectivity index (χ1n) is 31.8. The molecule has 0 aromatic heterocycles. The monoisotopic (exact) mass is 1340 g/mol. The molecule has 94 heavy (non-hydrogen) atoms. The molecule has 1 aliphatic carbocycles. The van der Waals surface area contributed by atoms with Crippen molar-refractivity contribution in [2.75, 3.05) is 70.5 Å². The van der Waals surface area contributed by atoms with E-state index in [1.165, 1.54) is 50.8 Å². The van der Waals surface area contributed by atoms with E-state index in [-0.39, 0.29) is 24.2 Å².